The third-order valence-corrected chi connectivity index (χ3v) is 5.87. The van der Waals surface area contributed by atoms with Gasteiger partial charge in [0.2, 0.25) is 0 Å². The molecule has 0 aliphatic heterocycles. The van der Waals surface area contributed by atoms with Crippen LogP contribution in [0.1, 0.15) is 4.88 Å². The molecule has 0 spiro atoms. The van der Waals surface area contributed by atoms with Crippen LogP contribution >= 0.6 is 22.9 Å². The Kier molecular flexibility index (Phi) is 5.49. The number of nitrogens with zero attached hydrogens (tertiary/aromatic N) is 3. The van der Waals surface area contributed by atoms with E-state index in [4.69, 9.17) is 11.6 Å². The summed E-state index contributed by atoms with van der Waals surface area (Å²) in [6.45, 7) is 1.87. The van der Waals surface area contributed by atoms with Crippen LogP contribution in [0.25, 0.3) is 33.2 Å². The molecular formula is C21H14ClF4N3OS. The van der Waals surface area contributed by atoms with E-state index in [1.807, 2.05) is 13.0 Å². The summed E-state index contributed by atoms with van der Waals surface area (Å²) in [6.07, 6.45) is -4.77. The van der Waals surface area contributed by atoms with Gasteiger partial charge in [0, 0.05) is 22.4 Å². The molecule has 4 aromatic rings. The molecule has 2 heterocycles. The standard InChI is InChI=1S/C21H14ClF4N3OS/c1-11-14(10-17(31-11)12-5-3-6-13(9-12)30-21(24,25)26)20-27-19(28-29(20)2)18-15(22)7-4-8-16(18)23/h3-10H,1-2H3. The number of ether oxygens (including phenoxy) is 1. The van der Waals surface area contributed by atoms with Crippen LogP contribution in [0.3, 0.4) is 0 Å². The van der Waals surface area contributed by atoms with Crippen molar-refractivity contribution in [3.63, 3.8) is 0 Å². The van der Waals surface area contributed by atoms with Gasteiger partial charge in [-0.15, -0.1) is 24.5 Å². The highest BCUT2D eigenvalue weighted by Crippen LogP contribution is 2.38. The molecule has 0 bridgehead atoms. The molecular weight excluding hydrogens is 454 g/mol. The zero-order valence-corrected chi connectivity index (χ0v) is 17.7. The summed E-state index contributed by atoms with van der Waals surface area (Å²) in [4.78, 5) is 6.07. The van der Waals surface area contributed by atoms with Gasteiger partial charge in [-0.05, 0) is 42.8 Å². The van der Waals surface area contributed by atoms with Crippen LogP contribution in [-0.4, -0.2) is 21.1 Å². The summed E-state index contributed by atoms with van der Waals surface area (Å²) in [7, 11) is 1.68. The Morgan fingerprint density at radius 1 is 1.10 bits per heavy atom. The van der Waals surface area contributed by atoms with E-state index in [1.54, 1.807) is 19.2 Å². The van der Waals surface area contributed by atoms with Gasteiger partial charge in [-0.25, -0.2) is 14.1 Å². The molecule has 0 aliphatic rings. The number of aryl methyl sites for hydroxylation is 2. The molecule has 4 nitrogen and oxygen atoms in total. The second-order valence-corrected chi connectivity index (χ2v) is 8.30. The van der Waals surface area contributed by atoms with E-state index >= 15 is 0 Å². The van der Waals surface area contributed by atoms with Crippen molar-refractivity contribution in [3.05, 3.63) is 64.2 Å². The van der Waals surface area contributed by atoms with Crippen LogP contribution < -0.4 is 4.74 Å². The highest BCUT2D eigenvalue weighted by molar-refractivity contribution is 7.16. The van der Waals surface area contributed by atoms with Crippen molar-refractivity contribution in [2.24, 2.45) is 7.05 Å². The molecule has 0 atom stereocenters. The summed E-state index contributed by atoms with van der Waals surface area (Å²) >= 11 is 7.52. The van der Waals surface area contributed by atoms with Crippen molar-refractivity contribution in [2.75, 3.05) is 0 Å². The number of halogens is 5. The molecule has 31 heavy (non-hydrogen) atoms. The molecule has 2 aromatic carbocycles. The van der Waals surface area contributed by atoms with E-state index in [2.05, 4.69) is 14.8 Å². The Morgan fingerprint density at radius 3 is 2.55 bits per heavy atom. The zero-order chi connectivity index (χ0) is 22.3. The Labute approximate surface area is 183 Å². The maximum atomic E-state index is 14.3. The molecule has 0 saturated heterocycles. The van der Waals surface area contributed by atoms with Crippen molar-refractivity contribution < 1.29 is 22.3 Å². The van der Waals surface area contributed by atoms with E-state index in [0.29, 0.717) is 11.4 Å². The van der Waals surface area contributed by atoms with Crippen LogP contribution in [0, 0.1) is 12.7 Å². The van der Waals surface area contributed by atoms with Gasteiger partial charge in [0.05, 0.1) is 10.6 Å². The monoisotopic (exact) mass is 467 g/mol. The second-order valence-electron chi connectivity index (χ2n) is 6.64. The Hall–Kier alpha value is -2.91. The smallest absolute Gasteiger partial charge is 0.406 e. The Balaban J connectivity index is 1.73. The van der Waals surface area contributed by atoms with Crippen molar-refractivity contribution in [1.82, 2.24) is 14.8 Å². The molecule has 0 N–H and O–H groups in total. The molecule has 0 saturated carbocycles. The SMILES string of the molecule is Cc1sc(-c2cccc(OC(F)(F)F)c2)cc1-c1nc(-c2c(F)cccc2Cl)nn1C. The molecule has 0 fully saturated rings. The van der Waals surface area contributed by atoms with E-state index in [-0.39, 0.29) is 22.2 Å². The molecule has 0 unspecified atom stereocenters. The topological polar surface area (TPSA) is 39.9 Å². The summed E-state index contributed by atoms with van der Waals surface area (Å²) in [6, 6.07) is 11.9. The maximum absolute atomic E-state index is 14.3. The lowest BCUT2D eigenvalue weighted by Gasteiger charge is -2.09. The average molecular weight is 468 g/mol. The fraction of sp³-hybridized carbons (Fsp3) is 0.143. The highest BCUT2D eigenvalue weighted by Gasteiger charge is 2.31. The summed E-state index contributed by atoms with van der Waals surface area (Å²) in [5, 5.41) is 4.49. The number of rotatable bonds is 4. The number of alkyl halides is 3. The van der Waals surface area contributed by atoms with Crippen molar-refractivity contribution >= 4 is 22.9 Å². The van der Waals surface area contributed by atoms with Gasteiger partial charge in [-0.1, -0.05) is 29.8 Å². The van der Waals surface area contributed by atoms with Gasteiger partial charge in [0.25, 0.3) is 0 Å². The van der Waals surface area contributed by atoms with E-state index in [9.17, 15) is 17.6 Å². The first-order chi connectivity index (χ1) is 14.6. The largest absolute Gasteiger partial charge is 0.573 e. The van der Waals surface area contributed by atoms with E-state index < -0.39 is 12.2 Å². The molecule has 0 amide bonds. The first-order valence-electron chi connectivity index (χ1n) is 8.95. The number of hydrogen-bond acceptors (Lipinski definition) is 4. The van der Waals surface area contributed by atoms with Gasteiger partial charge in [-0.3, -0.25) is 0 Å². The predicted octanol–water partition coefficient (Wildman–Crippen LogP) is 6.88. The quantitative estimate of drug-likeness (QED) is 0.307. The Morgan fingerprint density at radius 2 is 1.84 bits per heavy atom. The Bertz CT molecular complexity index is 1250. The van der Waals surface area contributed by atoms with Crippen molar-refractivity contribution in [3.8, 4) is 39.0 Å². The summed E-state index contributed by atoms with van der Waals surface area (Å²) in [5.74, 6) is -0.202. The fourth-order valence-corrected chi connectivity index (χ4v) is 4.39. The van der Waals surface area contributed by atoms with E-state index in [0.717, 1.165) is 15.3 Å². The van der Waals surface area contributed by atoms with Crippen LogP contribution in [0.5, 0.6) is 5.75 Å². The van der Waals surface area contributed by atoms with Gasteiger partial charge >= 0.3 is 6.36 Å². The third kappa shape index (κ3) is 4.42. The molecule has 0 radical (unpaired) electrons. The maximum Gasteiger partial charge on any atom is 0.573 e. The van der Waals surface area contributed by atoms with Gasteiger partial charge in [0.1, 0.15) is 11.6 Å². The second kappa shape index (κ2) is 7.97. The predicted molar refractivity (Wildman–Crippen MR) is 112 cm³/mol. The first-order valence-corrected chi connectivity index (χ1v) is 10.1. The number of thiophene rings is 1. The summed E-state index contributed by atoms with van der Waals surface area (Å²) in [5.41, 5.74) is 1.41. The normalized spacial score (nSPS) is 11.7. The van der Waals surface area contributed by atoms with Crippen molar-refractivity contribution in [1.29, 1.82) is 0 Å². The lowest BCUT2D eigenvalue weighted by molar-refractivity contribution is -0.274. The minimum Gasteiger partial charge on any atom is -0.406 e. The molecule has 10 heteroatoms. The summed E-state index contributed by atoms with van der Waals surface area (Å²) < 4.78 is 57.4. The number of aromatic nitrogens is 3. The average Bonchev–Trinajstić information content (AvgIpc) is 3.23. The van der Waals surface area contributed by atoms with Gasteiger partial charge in [0.15, 0.2) is 11.6 Å². The lowest BCUT2D eigenvalue weighted by atomic mass is 10.1. The van der Waals surface area contributed by atoms with Crippen LogP contribution in [0.2, 0.25) is 5.02 Å². The zero-order valence-electron chi connectivity index (χ0n) is 16.2. The molecule has 0 aliphatic carbocycles. The van der Waals surface area contributed by atoms with Crippen molar-refractivity contribution in [2.45, 2.75) is 13.3 Å². The van der Waals surface area contributed by atoms with Gasteiger partial charge in [-0.2, -0.15) is 5.10 Å². The van der Waals surface area contributed by atoms with Crippen LogP contribution in [-0.2, 0) is 7.05 Å². The number of hydrogen-bond donors (Lipinski definition) is 0. The van der Waals surface area contributed by atoms with Gasteiger partial charge < -0.3 is 4.74 Å². The number of benzene rings is 2. The van der Waals surface area contributed by atoms with Crippen LogP contribution in [0.15, 0.2) is 48.5 Å². The molecule has 4 rings (SSSR count). The molecule has 160 valence electrons. The van der Waals surface area contributed by atoms with Crippen LogP contribution in [0.4, 0.5) is 17.6 Å². The highest BCUT2D eigenvalue weighted by atomic mass is 35.5. The molecule has 2 aromatic heterocycles. The lowest BCUT2D eigenvalue weighted by Crippen LogP contribution is -2.17. The fourth-order valence-electron chi connectivity index (χ4n) is 3.13. The first kappa shape index (κ1) is 21.3. The van der Waals surface area contributed by atoms with E-state index in [1.165, 1.54) is 46.4 Å². The third-order valence-electron chi connectivity index (χ3n) is 4.46. The minimum absolute atomic E-state index is 0.108. The minimum atomic E-state index is -4.77.